The number of rotatable bonds is 7. The Bertz CT molecular complexity index is 830. The first-order valence-electron chi connectivity index (χ1n) is 11.0. The maximum absolute atomic E-state index is 6.06. The van der Waals surface area contributed by atoms with Crippen molar-refractivity contribution in [1.82, 2.24) is 4.98 Å². The Balaban J connectivity index is 1.50. The van der Waals surface area contributed by atoms with E-state index >= 15 is 0 Å². The molecule has 2 aliphatic heterocycles. The number of benzene rings is 1. The lowest BCUT2D eigenvalue weighted by molar-refractivity contribution is -0.165. The Kier molecular flexibility index (Phi) is 7.20. The van der Waals surface area contributed by atoms with Gasteiger partial charge in [0.05, 0.1) is 6.61 Å². The fourth-order valence-corrected chi connectivity index (χ4v) is 4.08. The fourth-order valence-electron chi connectivity index (χ4n) is 4.08. The van der Waals surface area contributed by atoms with E-state index in [2.05, 4.69) is 19.1 Å². The van der Waals surface area contributed by atoms with E-state index in [1.165, 1.54) is 5.56 Å². The molecule has 30 heavy (non-hydrogen) atoms. The van der Waals surface area contributed by atoms with Crippen molar-refractivity contribution in [3.63, 3.8) is 0 Å². The molecular weight excluding hydrogens is 380 g/mol. The number of nitrogen functional groups attached to an aromatic ring is 1. The maximum atomic E-state index is 6.06. The Hall–Kier alpha value is -2.15. The molecule has 0 bridgehead atoms. The minimum atomic E-state index is -0.102. The van der Waals surface area contributed by atoms with Gasteiger partial charge in [-0.2, -0.15) is 0 Å². The molecule has 6 heteroatoms. The highest BCUT2D eigenvalue weighted by Crippen LogP contribution is 2.33. The predicted octanol–water partition coefficient (Wildman–Crippen LogP) is 4.46. The monoisotopic (exact) mass is 412 g/mol. The summed E-state index contributed by atoms with van der Waals surface area (Å²) in [5.41, 5.74) is 11.3. The Morgan fingerprint density at radius 2 is 1.90 bits per heavy atom. The van der Waals surface area contributed by atoms with Gasteiger partial charge < -0.3 is 24.7 Å². The summed E-state index contributed by atoms with van der Waals surface area (Å²) >= 11 is 0. The third-order valence-electron chi connectivity index (χ3n) is 5.81. The van der Waals surface area contributed by atoms with E-state index in [0.717, 1.165) is 74.4 Å². The van der Waals surface area contributed by atoms with Crippen LogP contribution in [0.15, 0.2) is 30.3 Å². The number of aromatic nitrogens is 1. The molecule has 0 aliphatic carbocycles. The normalized spacial score (nSPS) is 20.2. The number of nitrogens with zero attached hydrogens (tertiary/aromatic N) is 1. The molecule has 1 atom stereocenters. The highest BCUT2D eigenvalue weighted by Gasteiger charge is 2.20. The number of pyridine rings is 1. The molecule has 2 N–H and O–H groups in total. The third-order valence-corrected chi connectivity index (χ3v) is 5.81. The number of hydrogen-bond acceptors (Lipinski definition) is 6. The zero-order valence-electron chi connectivity index (χ0n) is 17.8. The second-order valence-corrected chi connectivity index (χ2v) is 8.10. The van der Waals surface area contributed by atoms with Crippen LogP contribution in [-0.2, 0) is 14.2 Å². The van der Waals surface area contributed by atoms with Crippen LogP contribution < -0.4 is 10.5 Å². The van der Waals surface area contributed by atoms with Gasteiger partial charge in [0.25, 0.3) is 0 Å². The number of anilines is 1. The van der Waals surface area contributed by atoms with Crippen LogP contribution in [0, 0.1) is 6.92 Å². The Labute approximate surface area is 178 Å². The molecule has 2 fully saturated rings. The lowest BCUT2D eigenvalue weighted by Gasteiger charge is -2.23. The minimum absolute atomic E-state index is 0.102. The van der Waals surface area contributed by atoms with Gasteiger partial charge in [-0.05, 0) is 73.9 Å². The van der Waals surface area contributed by atoms with Gasteiger partial charge in [-0.1, -0.05) is 6.07 Å². The van der Waals surface area contributed by atoms with Crippen LogP contribution in [0.5, 0.6) is 5.88 Å². The quantitative estimate of drug-likeness (QED) is 0.535. The highest BCUT2D eigenvalue weighted by atomic mass is 16.7. The van der Waals surface area contributed by atoms with Crippen molar-refractivity contribution in [1.29, 1.82) is 0 Å². The van der Waals surface area contributed by atoms with Gasteiger partial charge in [0.2, 0.25) is 5.88 Å². The van der Waals surface area contributed by atoms with E-state index < -0.39 is 0 Å². The average molecular weight is 413 g/mol. The van der Waals surface area contributed by atoms with Gasteiger partial charge in [-0.25, -0.2) is 4.98 Å². The minimum Gasteiger partial charge on any atom is -0.475 e. The summed E-state index contributed by atoms with van der Waals surface area (Å²) in [6.07, 6.45) is 5.08. The smallest absolute Gasteiger partial charge is 0.214 e. The molecule has 2 aromatic rings. The van der Waals surface area contributed by atoms with Crippen LogP contribution >= 0.6 is 0 Å². The van der Waals surface area contributed by atoms with E-state index in [9.17, 15) is 0 Å². The van der Waals surface area contributed by atoms with Gasteiger partial charge in [0, 0.05) is 43.2 Å². The molecule has 6 nitrogen and oxygen atoms in total. The molecule has 0 saturated carbocycles. The summed E-state index contributed by atoms with van der Waals surface area (Å²) in [7, 11) is 0. The van der Waals surface area contributed by atoms with Crippen LogP contribution in [0.4, 0.5) is 5.69 Å². The first kappa shape index (κ1) is 21.1. The van der Waals surface area contributed by atoms with Crippen molar-refractivity contribution in [2.75, 3.05) is 38.8 Å². The van der Waals surface area contributed by atoms with Crippen LogP contribution in [-0.4, -0.2) is 44.3 Å². The van der Waals surface area contributed by atoms with Crippen molar-refractivity contribution < 1.29 is 18.9 Å². The summed E-state index contributed by atoms with van der Waals surface area (Å²) in [5.74, 6) is 1.01. The third kappa shape index (κ3) is 5.50. The van der Waals surface area contributed by atoms with E-state index in [0.29, 0.717) is 25.0 Å². The molecule has 4 rings (SSSR count). The van der Waals surface area contributed by atoms with Crippen molar-refractivity contribution in [3.05, 3.63) is 41.6 Å². The summed E-state index contributed by atoms with van der Waals surface area (Å²) < 4.78 is 22.9. The van der Waals surface area contributed by atoms with Gasteiger partial charge in [-0.3, -0.25) is 0 Å². The molecule has 1 unspecified atom stereocenters. The maximum Gasteiger partial charge on any atom is 0.214 e. The number of aryl methyl sites for hydroxylation is 1. The number of ether oxygens (including phenoxy) is 4. The molecule has 0 radical (unpaired) electrons. The van der Waals surface area contributed by atoms with Crippen molar-refractivity contribution in [3.8, 4) is 17.0 Å². The van der Waals surface area contributed by atoms with Crippen LogP contribution in [0.25, 0.3) is 11.1 Å². The zero-order valence-corrected chi connectivity index (χ0v) is 17.8. The molecule has 2 saturated heterocycles. The van der Waals surface area contributed by atoms with Crippen molar-refractivity contribution in [2.24, 2.45) is 0 Å². The molecule has 0 spiro atoms. The largest absolute Gasteiger partial charge is 0.475 e. The highest BCUT2D eigenvalue weighted by molar-refractivity contribution is 5.72. The molecule has 162 valence electrons. The standard InChI is InChI=1S/C24H32N2O4/c1-17-5-6-20(25)16-21(17)19-14-22(18-7-10-27-11-8-18)26-23(15-19)28-12-13-30-24-4-2-3-9-29-24/h5-6,14-16,18,24H,2-4,7-13,25H2,1H3. The van der Waals surface area contributed by atoms with E-state index in [-0.39, 0.29) is 6.29 Å². The van der Waals surface area contributed by atoms with Crippen LogP contribution in [0.3, 0.4) is 0 Å². The lowest BCUT2D eigenvalue weighted by atomic mass is 9.93. The first-order chi connectivity index (χ1) is 14.7. The summed E-state index contributed by atoms with van der Waals surface area (Å²) in [6.45, 7) is 5.36. The lowest BCUT2D eigenvalue weighted by Crippen LogP contribution is -2.24. The van der Waals surface area contributed by atoms with Crippen LogP contribution in [0.2, 0.25) is 0 Å². The molecule has 3 heterocycles. The van der Waals surface area contributed by atoms with Gasteiger partial charge in [0.1, 0.15) is 6.61 Å². The number of nitrogens with two attached hydrogens (primary N) is 1. The fraction of sp³-hybridized carbons (Fsp3) is 0.542. The second kappa shape index (κ2) is 10.2. The van der Waals surface area contributed by atoms with E-state index in [1.807, 2.05) is 18.2 Å². The SMILES string of the molecule is Cc1ccc(N)cc1-c1cc(OCCOC2CCCCO2)nc(C2CCOCC2)c1. The van der Waals surface area contributed by atoms with E-state index in [1.54, 1.807) is 0 Å². The van der Waals surface area contributed by atoms with Crippen LogP contribution in [0.1, 0.15) is 49.3 Å². The summed E-state index contributed by atoms with van der Waals surface area (Å²) in [5, 5.41) is 0. The predicted molar refractivity (Wildman–Crippen MR) is 117 cm³/mol. The first-order valence-corrected chi connectivity index (χ1v) is 11.0. The Morgan fingerprint density at radius 1 is 1.03 bits per heavy atom. The second-order valence-electron chi connectivity index (χ2n) is 8.10. The Morgan fingerprint density at radius 3 is 2.70 bits per heavy atom. The summed E-state index contributed by atoms with van der Waals surface area (Å²) in [4.78, 5) is 4.82. The van der Waals surface area contributed by atoms with Gasteiger partial charge in [-0.15, -0.1) is 0 Å². The molecule has 1 aromatic heterocycles. The molecular formula is C24H32N2O4. The average Bonchev–Trinajstić information content (AvgIpc) is 2.79. The topological polar surface area (TPSA) is 75.8 Å². The summed E-state index contributed by atoms with van der Waals surface area (Å²) in [6, 6.07) is 10.2. The molecule has 0 amide bonds. The number of hydrogen-bond donors (Lipinski definition) is 1. The van der Waals surface area contributed by atoms with Gasteiger partial charge in [0.15, 0.2) is 6.29 Å². The molecule has 2 aliphatic rings. The van der Waals surface area contributed by atoms with E-state index in [4.69, 9.17) is 29.7 Å². The van der Waals surface area contributed by atoms with Crippen molar-refractivity contribution >= 4 is 5.69 Å². The molecule has 1 aromatic carbocycles. The van der Waals surface area contributed by atoms with Gasteiger partial charge >= 0.3 is 0 Å². The zero-order chi connectivity index (χ0) is 20.8. The van der Waals surface area contributed by atoms with Crippen molar-refractivity contribution in [2.45, 2.75) is 51.2 Å².